The van der Waals surface area contributed by atoms with Crippen molar-refractivity contribution in [3.05, 3.63) is 78.0 Å². The maximum Gasteiger partial charge on any atom is 0.256 e. The second kappa shape index (κ2) is 9.24. The maximum absolute atomic E-state index is 12.6. The molecule has 33 heavy (non-hydrogen) atoms. The molecule has 4 aromatic rings. The van der Waals surface area contributed by atoms with Crippen LogP contribution in [0.15, 0.2) is 66.9 Å². The summed E-state index contributed by atoms with van der Waals surface area (Å²) < 4.78 is 0. The number of aromatic nitrogens is 3. The van der Waals surface area contributed by atoms with Crippen molar-refractivity contribution >= 4 is 28.7 Å². The van der Waals surface area contributed by atoms with E-state index in [0.717, 1.165) is 29.4 Å². The molecule has 7 heteroatoms. The molecule has 0 bridgehead atoms. The fourth-order valence-electron chi connectivity index (χ4n) is 4.21. The van der Waals surface area contributed by atoms with Gasteiger partial charge in [-0.25, -0.2) is 9.97 Å². The van der Waals surface area contributed by atoms with Crippen LogP contribution in [0.1, 0.15) is 52.8 Å². The largest absolute Gasteiger partial charge is 0.349 e. The highest BCUT2D eigenvalue weighted by Gasteiger charge is 2.17. The van der Waals surface area contributed by atoms with Crippen molar-refractivity contribution < 1.29 is 9.59 Å². The zero-order chi connectivity index (χ0) is 22.6. The van der Waals surface area contributed by atoms with Crippen molar-refractivity contribution in [2.75, 3.05) is 5.32 Å². The first-order chi connectivity index (χ1) is 16.2. The average Bonchev–Trinajstić information content (AvgIpc) is 3.29. The second-order valence-corrected chi connectivity index (χ2v) is 8.37. The van der Waals surface area contributed by atoms with Gasteiger partial charge in [-0.1, -0.05) is 37.5 Å². The van der Waals surface area contributed by atoms with Crippen LogP contribution in [-0.4, -0.2) is 32.8 Å². The van der Waals surface area contributed by atoms with Gasteiger partial charge in [0.2, 0.25) is 0 Å². The van der Waals surface area contributed by atoms with Crippen LogP contribution in [0.2, 0.25) is 0 Å². The number of anilines is 1. The van der Waals surface area contributed by atoms with E-state index in [1.807, 2.05) is 36.4 Å². The van der Waals surface area contributed by atoms with E-state index < -0.39 is 0 Å². The van der Waals surface area contributed by atoms with Gasteiger partial charge < -0.3 is 15.6 Å². The monoisotopic (exact) mass is 439 g/mol. The van der Waals surface area contributed by atoms with E-state index in [2.05, 4.69) is 25.6 Å². The number of aromatic amines is 1. The topological polar surface area (TPSA) is 99.8 Å². The van der Waals surface area contributed by atoms with Crippen LogP contribution in [0, 0.1) is 0 Å². The summed E-state index contributed by atoms with van der Waals surface area (Å²) in [5.74, 6) is 0.925. The number of nitrogens with zero attached hydrogens (tertiary/aromatic N) is 2. The zero-order valence-electron chi connectivity index (χ0n) is 18.2. The fraction of sp³-hybridized carbons (Fsp3) is 0.231. The Morgan fingerprint density at radius 2 is 1.67 bits per heavy atom. The average molecular weight is 440 g/mol. The summed E-state index contributed by atoms with van der Waals surface area (Å²) in [6.07, 6.45) is 7.38. The molecule has 7 nitrogen and oxygen atoms in total. The first-order valence-corrected chi connectivity index (χ1v) is 11.3. The molecule has 166 valence electrons. The Morgan fingerprint density at radius 3 is 2.42 bits per heavy atom. The van der Waals surface area contributed by atoms with Gasteiger partial charge in [0.1, 0.15) is 11.6 Å². The van der Waals surface area contributed by atoms with Gasteiger partial charge in [0.15, 0.2) is 0 Å². The number of pyridine rings is 1. The van der Waals surface area contributed by atoms with Crippen molar-refractivity contribution in [3.63, 3.8) is 0 Å². The number of imidazole rings is 1. The van der Waals surface area contributed by atoms with Crippen LogP contribution in [0.4, 0.5) is 5.82 Å². The Kier molecular flexibility index (Phi) is 5.85. The maximum atomic E-state index is 12.6. The Bertz CT molecular complexity index is 1280. The molecule has 0 atom stereocenters. The van der Waals surface area contributed by atoms with Gasteiger partial charge in [-0.15, -0.1) is 0 Å². The van der Waals surface area contributed by atoms with Gasteiger partial charge in [-0.05, 0) is 55.3 Å². The van der Waals surface area contributed by atoms with Crippen LogP contribution in [0.3, 0.4) is 0 Å². The third-order valence-corrected chi connectivity index (χ3v) is 6.01. The number of rotatable bonds is 5. The van der Waals surface area contributed by atoms with Gasteiger partial charge in [0.05, 0.1) is 11.0 Å². The van der Waals surface area contributed by atoms with Crippen molar-refractivity contribution in [1.82, 2.24) is 20.3 Å². The predicted molar refractivity (Wildman–Crippen MR) is 128 cm³/mol. The Balaban J connectivity index is 1.30. The summed E-state index contributed by atoms with van der Waals surface area (Å²) in [4.78, 5) is 37.1. The number of carbonyl (C=O) groups excluding carboxylic acids is 2. The van der Waals surface area contributed by atoms with Crippen LogP contribution < -0.4 is 10.6 Å². The van der Waals surface area contributed by atoms with Gasteiger partial charge in [-0.2, -0.15) is 0 Å². The highest BCUT2D eigenvalue weighted by atomic mass is 16.2. The number of hydrogen-bond donors (Lipinski definition) is 3. The van der Waals surface area contributed by atoms with E-state index in [1.165, 1.54) is 19.3 Å². The molecule has 1 saturated carbocycles. The van der Waals surface area contributed by atoms with E-state index in [4.69, 9.17) is 0 Å². The van der Waals surface area contributed by atoms with Crippen molar-refractivity contribution in [1.29, 1.82) is 0 Å². The lowest BCUT2D eigenvalue weighted by Gasteiger charge is -2.22. The van der Waals surface area contributed by atoms with Crippen LogP contribution in [-0.2, 0) is 0 Å². The third-order valence-electron chi connectivity index (χ3n) is 6.01. The SMILES string of the molecule is O=C(Nc1ccccn1)c1ccc2nc(-c3ccc(C(=O)NC4CCCCC4)cc3)[nH]c2c1. The van der Waals surface area contributed by atoms with Crippen LogP contribution in [0.5, 0.6) is 0 Å². The third kappa shape index (κ3) is 4.77. The standard InChI is InChI=1S/C26H25N5O2/c32-25(28-20-6-2-1-3-7-20)18-11-9-17(10-12-18)24-29-21-14-13-19(16-22(21)30-24)26(33)31-23-8-4-5-15-27-23/h4-5,8-16,20H,1-3,6-7H2,(H,28,32)(H,29,30)(H,27,31,33). The molecular formula is C26H25N5O2. The molecule has 0 radical (unpaired) electrons. The lowest BCUT2D eigenvalue weighted by atomic mass is 9.95. The fourth-order valence-corrected chi connectivity index (χ4v) is 4.21. The summed E-state index contributed by atoms with van der Waals surface area (Å²) in [6.45, 7) is 0. The molecule has 2 aromatic heterocycles. The summed E-state index contributed by atoms with van der Waals surface area (Å²) in [6, 6.07) is 18.4. The molecule has 3 N–H and O–H groups in total. The summed E-state index contributed by atoms with van der Waals surface area (Å²) in [5, 5.41) is 5.93. The van der Waals surface area contributed by atoms with E-state index >= 15 is 0 Å². The minimum Gasteiger partial charge on any atom is -0.349 e. The number of carbonyl (C=O) groups is 2. The van der Waals surface area contributed by atoms with Crippen LogP contribution >= 0.6 is 0 Å². The minimum atomic E-state index is -0.236. The molecule has 1 fully saturated rings. The zero-order valence-corrected chi connectivity index (χ0v) is 18.2. The highest BCUT2D eigenvalue weighted by molar-refractivity contribution is 6.05. The lowest BCUT2D eigenvalue weighted by molar-refractivity contribution is 0.0927. The van der Waals surface area contributed by atoms with E-state index in [-0.39, 0.29) is 17.9 Å². The minimum absolute atomic E-state index is 0.0263. The summed E-state index contributed by atoms with van der Waals surface area (Å²) in [7, 11) is 0. The number of hydrogen-bond acceptors (Lipinski definition) is 4. The molecule has 0 spiro atoms. The molecular weight excluding hydrogens is 414 g/mol. The van der Waals surface area contributed by atoms with E-state index in [1.54, 1.807) is 30.5 Å². The number of fused-ring (bicyclic) bond motifs is 1. The molecule has 2 heterocycles. The molecule has 0 aliphatic heterocycles. The number of nitrogens with one attached hydrogen (secondary N) is 3. The lowest BCUT2D eigenvalue weighted by Crippen LogP contribution is -2.36. The molecule has 0 saturated heterocycles. The van der Waals surface area contributed by atoms with Gasteiger partial charge in [0, 0.05) is 28.9 Å². The summed E-state index contributed by atoms with van der Waals surface area (Å²) in [5.41, 5.74) is 3.56. The highest BCUT2D eigenvalue weighted by Crippen LogP contribution is 2.23. The smallest absolute Gasteiger partial charge is 0.256 e. The Hall–Kier alpha value is -4.00. The molecule has 2 amide bonds. The van der Waals surface area contributed by atoms with E-state index in [0.29, 0.717) is 22.8 Å². The van der Waals surface area contributed by atoms with Gasteiger partial charge >= 0.3 is 0 Å². The van der Waals surface area contributed by atoms with Crippen molar-refractivity contribution in [2.45, 2.75) is 38.1 Å². The summed E-state index contributed by atoms with van der Waals surface area (Å²) >= 11 is 0. The number of amides is 2. The van der Waals surface area contributed by atoms with Crippen LogP contribution in [0.25, 0.3) is 22.4 Å². The van der Waals surface area contributed by atoms with Gasteiger partial charge in [0.25, 0.3) is 11.8 Å². The normalized spacial score (nSPS) is 14.2. The van der Waals surface area contributed by atoms with Crippen molar-refractivity contribution in [3.8, 4) is 11.4 Å². The Labute approximate surface area is 191 Å². The molecule has 1 aliphatic carbocycles. The Morgan fingerprint density at radius 1 is 0.879 bits per heavy atom. The quantitative estimate of drug-likeness (QED) is 0.410. The number of benzene rings is 2. The molecule has 2 aromatic carbocycles. The predicted octanol–water partition coefficient (Wildman–Crippen LogP) is 4.94. The molecule has 5 rings (SSSR count). The number of H-pyrrole nitrogens is 1. The van der Waals surface area contributed by atoms with Crippen molar-refractivity contribution in [2.24, 2.45) is 0 Å². The molecule has 1 aliphatic rings. The first kappa shape index (κ1) is 20.9. The molecule has 0 unspecified atom stereocenters. The van der Waals surface area contributed by atoms with Gasteiger partial charge in [-0.3, -0.25) is 9.59 Å². The second-order valence-electron chi connectivity index (χ2n) is 8.37. The first-order valence-electron chi connectivity index (χ1n) is 11.3. The van der Waals surface area contributed by atoms with E-state index in [9.17, 15) is 9.59 Å².